The zero-order valence-corrected chi connectivity index (χ0v) is 10.9. The zero-order chi connectivity index (χ0) is 13.3. The Morgan fingerprint density at radius 2 is 1.83 bits per heavy atom. The number of fused-ring (bicyclic) bond motifs is 1. The van der Waals surface area contributed by atoms with Gasteiger partial charge in [-0.05, 0) is 0 Å². The van der Waals surface area contributed by atoms with Crippen LogP contribution in [-0.2, 0) is 0 Å². The van der Waals surface area contributed by atoms with E-state index in [0.717, 1.165) is 0 Å². The highest BCUT2D eigenvalue weighted by molar-refractivity contribution is 6.36. The van der Waals surface area contributed by atoms with Gasteiger partial charge in [0, 0.05) is 6.07 Å². The predicted molar refractivity (Wildman–Crippen MR) is 68.6 cm³/mol. The lowest BCUT2D eigenvalue weighted by Gasteiger charge is -2.13. The number of hydrogen-bond acceptors (Lipinski definition) is 6. The first-order chi connectivity index (χ1) is 8.62. The van der Waals surface area contributed by atoms with Crippen LogP contribution in [0.15, 0.2) is 6.07 Å². The summed E-state index contributed by atoms with van der Waals surface area (Å²) in [6, 6.07) is 1.75. The second-order valence-electron chi connectivity index (χ2n) is 3.41. The number of nitrogens with two attached hydrogens (primary N) is 1. The van der Waals surface area contributed by atoms with Gasteiger partial charge in [-0.2, -0.15) is 9.97 Å². The van der Waals surface area contributed by atoms with Gasteiger partial charge in [-0.3, -0.25) is 0 Å². The van der Waals surface area contributed by atoms with Crippen molar-refractivity contribution in [2.45, 2.75) is 0 Å². The standard InChI is InChI=1S/C11H12ClN3O3/c1-16-6-4-5(12)8-7(9(6)17-2)10(13)15-11(14-8)18-3/h4H,1-3H3,(H2,13,14,15). The third kappa shape index (κ3) is 1.84. The number of nitrogen functional groups attached to an aromatic ring is 1. The monoisotopic (exact) mass is 269 g/mol. The van der Waals surface area contributed by atoms with Crippen LogP contribution in [0, 0.1) is 0 Å². The SMILES string of the molecule is COc1nc(N)c2c(OC)c(OC)cc(Cl)c2n1. The molecule has 0 aliphatic heterocycles. The maximum Gasteiger partial charge on any atom is 0.318 e. The summed E-state index contributed by atoms with van der Waals surface area (Å²) in [4.78, 5) is 8.15. The third-order valence-corrected chi connectivity index (χ3v) is 2.75. The maximum atomic E-state index is 6.13. The van der Waals surface area contributed by atoms with E-state index in [1.54, 1.807) is 6.07 Å². The molecule has 7 heteroatoms. The number of aromatic nitrogens is 2. The lowest BCUT2D eigenvalue weighted by molar-refractivity contribution is 0.358. The molecule has 2 N–H and O–H groups in total. The molecule has 0 aliphatic carbocycles. The van der Waals surface area contributed by atoms with Crippen LogP contribution < -0.4 is 19.9 Å². The Hall–Kier alpha value is -1.95. The van der Waals surface area contributed by atoms with E-state index in [1.807, 2.05) is 0 Å². The van der Waals surface area contributed by atoms with Crippen molar-refractivity contribution >= 4 is 28.3 Å². The zero-order valence-electron chi connectivity index (χ0n) is 10.2. The molecule has 0 saturated carbocycles. The number of halogens is 1. The Bertz CT molecular complexity index is 604. The minimum Gasteiger partial charge on any atom is -0.493 e. The molecule has 0 spiro atoms. The van der Waals surface area contributed by atoms with E-state index in [4.69, 9.17) is 31.5 Å². The second-order valence-corrected chi connectivity index (χ2v) is 3.82. The second kappa shape index (κ2) is 4.73. The summed E-state index contributed by atoms with van der Waals surface area (Å²) < 4.78 is 15.4. The molecule has 2 aromatic rings. The Morgan fingerprint density at radius 1 is 1.11 bits per heavy atom. The first-order valence-electron chi connectivity index (χ1n) is 5.04. The first-order valence-corrected chi connectivity index (χ1v) is 5.41. The van der Waals surface area contributed by atoms with Crippen molar-refractivity contribution in [3.63, 3.8) is 0 Å². The molecule has 18 heavy (non-hydrogen) atoms. The van der Waals surface area contributed by atoms with Crippen molar-refractivity contribution in [3.05, 3.63) is 11.1 Å². The molecule has 0 radical (unpaired) electrons. The molecular formula is C11H12ClN3O3. The molecular weight excluding hydrogens is 258 g/mol. The minimum atomic E-state index is 0.147. The highest BCUT2D eigenvalue weighted by Crippen LogP contribution is 2.41. The van der Waals surface area contributed by atoms with Crippen LogP contribution >= 0.6 is 11.6 Å². The van der Waals surface area contributed by atoms with E-state index in [-0.39, 0.29) is 11.8 Å². The third-order valence-electron chi connectivity index (χ3n) is 2.46. The van der Waals surface area contributed by atoms with Crippen molar-refractivity contribution in [2.75, 3.05) is 27.1 Å². The van der Waals surface area contributed by atoms with Gasteiger partial charge in [0.25, 0.3) is 0 Å². The predicted octanol–water partition coefficient (Wildman–Crippen LogP) is 1.89. The Balaban J connectivity index is 2.90. The quantitative estimate of drug-likeness (QED) is 0.917. The number of benzene rings is 1. The highest BCUT2D eigenvalue weighted by Gasteiger charge is 2.18. The number of rotatable bonds is 3. The molecule has 0 saturated heterocycles. The molecule has 0 bridgehead atoms. The van der Waals surface area contributed by atoms with Gasteiger partial charge in [-0.1, -0.05) is 11.6 Å². The summed E-state index contributed by atoms with van der Waals surface area (Å²) in [7, 11) is 4.48. The molecule has 1 aromatic heterocycles. The molecule has 0 unspecified atom stereocenters. The van der Waals surface area contributed by atoms with Gasteiger partial charge in [0.2, 0.25) is 0 Å². The average molecular weight is 270 g/mol. The maximum absolute atomic E-state index is 6.13. The number of nitrogens with zero attached hydrogens (tertiary/aromatic N) is 2. The van der Waals surface area contributed by atoms with Crippen LogP contribution in [0.5, 0.6) is 17.5 Å². The molecule has 2 rings (SSSR count). The van der Waals surface area contributed by atoms with Crippen LogP contribution in [0.2, 0.25) is 5.02 Å². The largest absolute Gasteiger partial charge is 0.493 e. The van der Waals surface area contributed by atoms with Gasteiger partial charge < -0.3 is 19.9 Å². The van der Waals surface area contributed by atoms with Crippen LogP contribution in [0.25, 0.3) is 10.9 Å². The van der Waals surface area contributed by atoms with Crippen LogP contribution in [0.3, 0.4) is 0 Å². The van der Waals surface area contributed by atoms with Crippen molar-refractivity contribution in [1.29, 1.82) is 0 Å². The van der Waals surface area contributed by atoms with Crippen molar-refractivity contribution in [3.8, 4) is 17.5 Å². The molecule has 0 atom stereocenters. The van der Waals surface area contributed by atoms with E-state index in [2.05, 4.69) is 9.97 Å². The summed E-state index contributed by atoms with van der Waals surface area (Å²) in [5.74, 6) is 1.13. The molecule has 0 aliphatic rings. The van der Waals surface area contributed by atoms with E-state index in [0.29, 0.717) is 27.4 Å². The van der Waals surface area contributed by atoms with E-state index in [9.17, 15) is 0 Å². The Labute approximate surface area is 109 Å². The first kappa shape index (κ1) is 12.5. The lowest BCUT2D eigenvalue weighted by atomic mass is 10.2. The minimum absolute atomic E-state index is 0.147. The number of ether oxygens (including phenoxy) is 3. The molecule has 6 nitrogen and oxygen atoms in total. The van der Waals surface area contributed by atoms with Crippen LogP contribution in [0.4, 0.5) is 5.82 Å². The van der Waals surface area contributed by atoms with E-state index in [1.165, 1.54) is 21.3 Å². The molecule has 1 heterocycles. The summed E-state index contributed by atoms with van der Waals surface area (Å²) in [6.45, 7) is 0. The number of hydrogen-bond donors (Lipinski definition) is 1. The number of methoxy groups -OCH3 is 3. The van der Waals surface area contributed by atoms with Crippen molar-refractivity contribution in [2.24, 2.45) is 0 Å². The normalized spacial score (nSPS) is 10.4. The Kier molecular flexibility index (Phi) is 3.29. The van der Waals surface area contributed by atoms with Crippen LogP contribution in [-0.4, -0.2) is 31.3 Å². The molecule has 96 valence electrons. The van der Waals surface area contributed by atoms with Crippen molar-refractivity contribution < 1.29 is 14.2 Å². The molecule has 1 aromatic carbocycles. The summed E-state index contributed by atoms with van der Waals surface area (Å²) >= 11 is 6.13. The smallest absolute Gasteiger partial charge is 0.318 e. The highest BCUT2D eigenvalue weighted by atomic mass is 35.5. The fourth-order valence-corrected chi connectivity index (χ4v) is 1.91. The van der Waals surface area contributed by atoms with E-state index >= 15 is 0 Å². The summed E-state index contributed by atoms with van der Waals surface area (Å²) in [5.41, 5.74) is 6.33. The Morgan fingerprint density at radius 3 is 2.39 bits per heavy atom. The molecule has 0 amide bonds. The summed E-state index contributed by atoms with van der Waals surface area (Å²) in [6.07, 6.45) is 0. The number of anilines is 1. The fraction of sp³-hybridized carbons (Fsp3) is 0.273. The van der Waals surface area contributed by atoms with Gasteiger partial charge >= 0.3 is 6.01 Å². The topological polar surface area (TPSA) is 79.5 Å². The van der Waals surface area contributed by atoms with Crippen molar-refractivity contribution in [1.82, 2.24) is 9.97 Å². The molecule has 0 fully saturated rings. The van der Waals surface area contributed by atoms with Crippen LogP contribution in [0.1, 0.15) is 0 Å². The van der Waals surface area contributed by atoms with E-state index < -0.39 is 0 Å². The van der Waals surface area contributed by atoms with Gasteiger partial charge in [-0.15, -0.1) is 0 Å². The van der Waals surface area contributed by atoms with Gasteiger partial charge in [-0.25, -0.2) is 0 Å². The lowest BCUT2D eigenvalue weighted by Crippen LogP contribution is -2.01. The van der Waals surface area contributed by atoms with Gasteiger partial charge in [0.15, 0.2) is 11.5 Å². The van der Waals surface area contributed by atoms with Gasteiger partial charge in [0.05, 0.1) is 31.7 Å². The van der Waals surface area contributed by atoms with Gasteiger partial charge in [0.1, 0.15) is 11.3 Å². The summed E-state index contributed by atoms with van der Waals surface area (Å²) in [5, 5.41) is 0.887. The average Bonchev–Trinajstić information content (AvgIpc) is 2.38. The fourth-order valence-electron chi connectivity index (χ4n) is 1.67.